The van der Waals surface area contributed by atoms with Gasteiger partial charge in [-0.1, -0.05) is 19.3 Å². The Morgan fingerprint density at radius 1 is 1.37 bits per heavy atom. The summed E-state index contributed by atoms with van der Waals surface area (Å²) >= 11 is 0. The first-order valence-corrected chi connectivity index (χ1v) is 7.41. The van der Waals surface area contributed by atoms with E-state index >= 15 is 0 Å². The van der Waals surface area contributed by atoms with E-state index in [1.165, 1.54) is 19.3 Å². The topological polar surface area (TPSA) is 70.1 Å². The predicted molar refractivity (Wildman–Crippen MR) is 76.3 cm³/mol. The number of nitrogens with zero attached hydrogens (tertiary/aromatic N) is 2. The Morgan fingerprint density at radius 2 is 2.00 bits per heavy atom. The van der Waals surface area contributed by atoms with Crippen LogP contribution in [-0.2, 0) is 4.79 Å². The minimum atomic E-state index is 0.00904. The summed E-state index contributed by atoms with van der Waals surface area (Å²) in [6, 6.07) is 2.27. The van der Waals surface area contributed by atoms with Gasteiger partial charge >= 0.3 is 0 Å². The lowest BCUT2D eigenvalue weighted by atomic mass is 9.71. The number of rotatable bonds is 6. The van der Waals surface area contributed by atoms with Gasteiger partial charge < -0.3 is 10.6 Å². The average molecular weight is 265 g/mol. The molecule has 4 nitrogen and oxygen atoms in total. The number of carbonyl (C=O) groups is 1. The van der Waals surface area contributed by atoms with E-state index in [1.54, 1.807) is 0 Å². The fourth-order valence-electron chi connectivity index (χ4n) is 3.02. The van der Waals surface area contributed by atoms with Crippen LogP contribution in [0.3, 0.4) is 0 Å². The molecule has 1 amide bonds. The zero-order valence-corrected chi connectivity index (χ0v) is 12.3. The molecule has 1 fully saturated rings. The van der Waals surface area contributed by atoms with E-state index in [4.69, 9.17) is 11.0 Å². The van der Waals surface area contributed by atoms with E-state index in [0.29, 0.717) is 25.9 Å². The van der Waals surface area contributed by atoms with Crippen molar-refractivity contribution in [2.45, 2.75) is 64.8 Å². The van der Waals surface area contributed by atoms with Crippen molar-refractivity contribution in [2.24, 2.45) is 11.1 Å². The van der Waals surface area contributed by atoms with Crippen molar-refractivity contribution >= 4 is 5.91 Å². The predicted octanol–water partition coefficient (Wildman–Crippen LogP) is 2.44. The Bertz CT molecular complexity index is 327. The van der Waals surface area contributed by atoms with Crippen LogP contribution < -0.4 is 5.73 Å². The maximum absolute atomic E-state index is 12.5. The van der Waals surface area contributed by atoms with Gasteiger partial charge in [-0.05, 0) is 38.6 Å². The van der Waals surface area contributed by atoms with Crippen LogP contribution in [0.4, 0.5) is 0 Å². The maximum Gasteiger partial charge on any atom is 0.223 e. The Labute approximate surface area is 116 Å². The highest BCUT2D eigenvalue weighted by atomic mass is 16.2. The summed E-state index contributed by atoms with van der Waals surface area (Å²) in [5.41, 5.74) is 5.95. The number of amides is 1. The summed E-state index contributed by atoms with van der Waals surface area (Å²) in [4.78, 5) is 14.3. The molecule has 0 aliphatic heterocycles. The molecular weight excluding hydrogens is 238 g/mol. The fraction of sp³-hybridized carbons (Fsp3) is 0.867. The van der Waals surface area contributed by atoms with Crippen molar-refractivity contribution < 1.29 is 4.79 Å². The van der Waals surface area contributed by atoms with Gasteiger partial charge in [0.05, 0.1) is 12.5 Å². The van der Waals surface area contributed by atoms with Gasteiger partial charge in [0, 0.05) is 19.0 Å². The van der Waals surface area contributed by atoms with Gasteiger partial charge in [0.15, 0.2) is 0 Å². The first-order valence-electron chi connectivity index (χ1n) is 7.41. The summed E-state index contributed by atoms with van der Waals surface area (Å²) in [6.07, 6.45) is 6.72. The fourth-order valence-corrected chi connectivity index (χ4v) is 3.02. The van der Waals surface area contributed by atoms with E-state index in [1.807, 2.05) is 18.7 Å². The molecule has 19 heavy (non-hydrogen) atoms. The quantitative estimate of drug-likeness (QED) is 0.802. The van der Waals surface area contributed by atoms with Crippen molar-refractivity contribution in [1.82, 2.24) is 4.90 Å². The summed E-state index contributed by atoms with van der Waals surface area (Å²) in [7, 11) is 0. The van der Waals surface area contributed by atoms with E-state index < -0.39 is 0 Å². The average Bonchev–Trinajstić information content (AvgIpc) is 2.39. The van der Waals surface area contributed by atoms with E-state index in [2.05, 4.69) is 6.07 Å². The van der Waals surface area contributed by atoms with Gasteiger partial charge in [-0.15, -0.1) is 0 Å². The van der Waals surface area contributed by atoms with Crippen LogP contribution in [0.1, 0.15) is 58.8 Å². The van der Waals surface area contributed by atoms with Gasteiger partial charge in [-0.25, -0.2) is 0 Å². The van der Waals surface area contributed by atoms with Crippen LogP contribution >= 0.6 is 0 Å². The molecule has 1 aliphatic rings. The number of nitrogens with two attached hydrogens (primary N) is 1. The third-order valence-corrected chi connectivity index (χ3v) is 4.28. The summed E-state index contributed by atoms with van der Waals surface area (Å²) in [6.45, 7) is 5.15. The highest BCUT2D eigenvalue weighted by Gasteiger charge is 2.34. The number of hydrogen-bond donors (Lipinski definition) is 1. The molecule has 1 aliphatic carbocycles. The van der Waals surface area contributed by atoms with E-state index in [0.717, 1.165) is 12.8 Å². The lowest BCUT2D eigenvalue weighted by Gasteiger charge is -2.38. The van der Waals surface area contributed by atoms with Crippen LogP contribution in [0, 0.1) is 16.7 Å². The highest BCUT2D eigenvalue weighted by molar-refractivity contribution is 5.77. The van der Waals surface area contributed by atoms with Gasteiger partial charge in [-0.2, -0.15) is 5.26 Å². The molecule has 0 radical (unpaired) electrons. The highest BCUT2D eigenvalue weighted by Crippen LogP contribution is 2.38. The molecular formula is C15H27N3O. The molecule has 108 valence electrons. The van der Waals surface area contributed by atoms with Gasteiger partial charge in [-0.3, -0.25) is 4.79 Å². The van der Waals surface area contributed by atoms with Gasteiger partial charge in [0.25, 0.3) is 0 Å². The molecule has 1 saturated carbocycles. The third-order valence-electron chi connectivity index (χ3n) is 4.28. The van der Waals surface area contributed by atoms with Crippen LogP contribution in [0.5, 0.6) is 0 Å². The van der Waals surface area contributed by atoms with E-state index in [-0.39, 0.29) is 17.4 Å². The number of hydrogen-bond acceptors (Lipinski definition) is 3. The molecule has 0 heterocycles. The van der Waals surface area contributed by atoms with Crippen LogP contribution in [0.25, 0.3) is 0 Å². The molecule has 0 unspecified atom stereocenters. The Hall–Kier alpha value is -1.08. The number of nitriles is 1. The number of carbonyl (C=O) groups excluding carboxylic acids is 1. The first-order chi connectivity index (χ1) is 9.04. The zero-order chi connectivity index (χ0) is 14.3. The third kappa shape index (κ3) is 4.50. The van der Waals surface area contributed by atoms with Crippen molar-refractivity contribution in [2.75, 3.05) is 13.1 Å². The lowest BCUT2D eigenvalue weighted by molar-refractivity contribution is -0.135. The molecule has 0 atom stereocenters. The summed E-state index contributed by atoms with van der Waals surface area (Å²) in [5, 5.41) is 8.69. The maximum atomic E-state index is 12.5. The SMILES string of the molecule is CC(C)N(CCC#N)C(=O)CC1(CN)CCCCC1. The molecule has 0 aromatic heterocycles. The zero-order valence-electron chi connectivity index (χ0n) is 12.3. The molecule has 0 aromatic rings. The minimum Gasteiger partial charge on any atom is -0.339 e. The summed E-state index contributed by atoms with van der Waals surface area (Å²) < 4.78 is 0. The molecule has 1 rings (SSSR count). The molecule has 0 saturated heterocycles. The largest absolute Gasteiger partial charge is 0.339 e. The molecule has 2 N–H and O–H groups in total. The van der Waals surface area contributed by atoms with Gasteiger partial charge in [0.2, 0.25) is 5.91 Å². The van der Waals surface area contributed by atoms with Crippen LogP contribution in [0.2, 0.25) is 0 Å². The Morgan fingerprint density at radius 3 is 2.47 bits per heavy atom. The molecule has 0 bridgehead atoms. The standard InChI is InChI=1S/C15H27N3O/c1-13(2)18(10-6-9-16)14(19)11-15(12-17)7-4-3-5-8-15/h13H,3-8,10-12,17H2,1-2H3. The van der Waals surface area contributed by atoms with E-state index in [9.17, 15) is 4.79 Å². The molecule has 0 aromatic carbocycles. The Balaban J connectivity index is 2.66. The Kier molecular flexibility index (Phi) is 6.30. The monoisotopic (exact) mass is 265 g/mol. The summed E-state index contributed by atoms with van der Waals surface area (Å²) in [5.74, 6) is 0.164. The minimum absolute atomic E-state index is 0.00904. The van der Waals surface area contributed by atoms with Crippen molar-refractivity contribution in [3.63, 3.8) is 0 Å². The molecule has 4 heteroatoms. The van der Waals surface area contributed by atoms with Crippen molar-refractivity contribution in [3.8, 4) is 6.07 Å². The second-order valence-electron chi connectivity index (χ2n) is 6.03. The second kappa shape index (κ2) is 7.49. The lowest BCUT2D eigenvalue weighted by Crippen LogP contribution is -2.43. The van der Waals surface area contributed by atoms with Crippen LogP contribution in [-0.4, -0.2) is 29.9 Å². The van der Waals surface area contributed by atoms with Gasteiger partial charge in [0.1, 0.15) is 0 Å². The first kappa shape index (κ1) is 16.0. The molecule has 0 spiro atoms. The van der Waals surface area contributed by atoms with Crippen molar-refractivity contribution in [1.29, 1.82) is 5.26 Å². The smallest absolute Gasteiger partial charge is 0.223 e. The normalized spacial score (nSPS) is 18.1. The van der Waals surface area contributed by atoms with Crippen LogP contribution in [0.15, 0.2) is 0 Å². The second-order valence-corrected chi connectivity index (χ2v) is 6.03. The van der Waals surface area contributed by atoms with Crippen molar-refractivity contribution in [3.05, 3.63) is 0 Å².